The maximum absolute atomic E-state index is 12.3. The van der Waals surface area contributed by atoms with Crippen molar-refractivity contribution >= 4 is 50.9 Å². The molecule has 6 heteroatoms. The number of hydrogen-bond donors (Lipinski definition) is 2. The molecule has 0 atom stereocenters. The monoisotopic (exact) mass is 454 g/mol. The summed E-state index contributed by atoms with van der Waals surface area (Å²) in [5, 5.41) is 5.76. The number of benzene rings is 3. The molecule has 0 aliphatic rings. The van der Waals surface area contributed by atoms with Gasteiger partial charge in [0.05, 0.1) is 11.4 Å². The van der Waals surface area contributed by atoms with Crippen LogP contribution in [0.2, 0.25) is 0 Å². The molecule has 0 saturated carbocycles. The van der Waals surface area contributed by atoms with Gasteiger partial charge < -0.3 is 10.6 Å². The summed E-state index contributed by atoms with van der Waals surface area (Å²) in [5.41, 5.74) is 3.14. The van der Waals surface area contributed by atoms with Crippen molar-refractivity contribution in [3.8, 4) is 0 Å². The molecule has 0 fully saturated rings. The predicted octanol–water partition coefficient (Wildman–Crippen LogP) is 5.74. The lowest BCUT2D eigenvalue weighted by atomic mass is 10.1. The number of carbonyl (C=O) groups excluding carboxylic acids is 2. The highest BCUT2D eigenvalue weighted by atomic mass is 79.9. The molecule has 0 saturated heterocycles. The van der Waals surface area contributed by atoms with Crippen LogP contribution in [0.25, 0.3) is 0 Å². The molecular weight excluding hydrogens is 436 g/mol. The molecule has 0 aliphatic heterocycles. The van der Waals surface area contributed by atoms with E-state index in [1.165, 1.54) is 11.8 Å². The van der Waals surface area contributed by atoms with E-state index < -0.39 is 0 Å². The normalized spacial score (nSPS) is 10.4. The van der Waals surface area contributed by atoms with Crippen molar-refractivity contribution in [2.75, 3.05) is 16.4 Å². The minimum Gasteiger partial charge on any atom is -0.324 e. The second-order valence-electron chi connectivity index (χ2n) is 6.16. The van der Waals surface area contributed by atoms with E-state index in [0.29, 0.717) is 17.0 Å². The number of amides is 2. The van der Waals surface area contributed by atoms with Crippen LogP contribution in [0.3, 0.4) is 0 Å². The Labute approximate surface area is 176 Å². The Morgan fingerprint density at radius 3 is 2.39 bits per heavy atom. The Kier molecular flexibility index (Phi) is 6.90. The van der Waals surface area contributed by atoms with Crippen LogP contribution in [0, 0.1) is 6.92 Å². The number of rotatable bonds is 6. The van der Waals surface area contributed by atoms with Crippen LogP contribution in [-0.4, -0.2) is 17.6 Å². The topological polar surface area (TPSA) is 58.2 Å². The highest BCUT2D eigenvalue weighted by Gasteiger charge is 2.08. The molecule has 3 aromatic carbocycles. The smallest absolute Gasteiger partial charge is 0.255 e. The lowest BCUT2D eigenvalue weighted by Crippen LogP contribution is -2.14. The Balaban J connectivity index is 1.52. The Morgan fingerprint density at radius 1 is 0.929 bits per heavy atom. The number of nitrogens with one attached hydrogen (secondary N) is 2. The van der Waals surface area contributed by atoms with E-state index in [4.69, 9.17) is 0 Å². The van der Waals surface area contributed by atoms with Gasteiger partial charge in [-0.2, -0.15) is 0 Å². The molecule has 0 aromatic heterocycles. The fourth-order valence-electron chi connectivity index (χ4n) is 2.52. The minimum atomic E-state index is -0.142. The van der Waals surface area contributed by atoms with E-state index in [1.54, 1.807) is 6.07 Å². The summed E-state index contributed by atoms with van der Waals surface area (Å²) in [6.07, 6.45) is 0. The fourth-order valence-corrected chi connectivity index (χ4v) is 3.60. The van der Waals surface area contributed by atoms with Gasteiger partial charge in [0.2, 0.25) is 5.91 Å². The molecule has 3 aromatic rings. The van der Waals surface area contributed by atoms with E-state index in [1.807, 2.05) is 73.7 Å². The van der Waals surface area contributed by atoms with Gasteiger partial charge in [0, 0.05) is 20.6 Å². The first kappa shape index (κ1) is 20.2. The molecule has 2 N–H and O–H groups in total. The van der Waals surface area contributed by atoms with Gasteiger partial charge in [0.25, 0.3) is 5.91 Å². The maximum Gasteiger partial charge on any atom is 0.255 e. The van der Waals surface area contributed by atoms with Crippen LogP contribution in [-0.2, 0) is 4.79 Å². The van der Waals surface area contributed by atoms with Crippen LogP contribution in [0.1, 0.15) is 15.9 Å². The summed E-state index contributed by atoms with van der Waals surface area (Å²) < 4.78 is 0.849. The van der Waals surface area contributed by atoms with Gasteiger partial charge >= 0.3 is 0 Å². The summed E-state index contributed by atoms with van der Waals surface area (Å²) in [5.74, 6) is 0.0849. The van der Waals surface area contributed by atoms with Crippen molar-refractivity contribution < 1.29 is 9.59 Å². The van der Waals surface area contributed by atoms with Gasteiger partial charge in [-0.3, -0.25) is 9.59 Å². The molecule has 0 bridgehead atoms. The van der Waals surface area contributed by atoms with Crippen LogP contribution >= 0.6 is 27.7 Å². The molecular formula is C22H19BrN2O2S. The zero-order chi connectivity index (χ0) is 19.9. The SMILES string of the molecule is Cc1cccc(C(=O)Nc2ccc(SCC(=O)Nc3ccccc3Br)cc2)c1. The number of halogens is 1. The first-order chi connectivity index (χ1) is 13.5. The van der Waals surface area contributed by atoms with E-state index in [9.17, 15) is 9.59 Å². The third-order valence-corrected chi connectivity index (χ3v) is 5.61. The highest BCUT2D eigenvalue weighted by molar-refractivity contribution is 9.10. The van der Waals surface area contributed by atoms with Gasteiger partial charge in [-0.05, 0) is 71.4 Å². The average molecular weight is 455 g/mol. The van der Waals surface area contributed by atoms with Crippen LogP contribution < -0.4 is 10.6 Å². The number of anilines is 2. The Hall–Kier alpha value is -2.57. The summed E-state index contributed by atoms with van der Waals surface area (Å²) in [7, 11) is 0. The second kappa shape index (κ2) is 9.57. The van der Waals surface area contributed by atoms with Crippen LogP contribution in [0.15, 0.2) is 82.2 Å². The third kappa shape index (κ3) is 5.71. The molecule has 0 radical (unpaired) electrons. The number of para-hydroxylation sites is 1. The van der Waals surface area contributed by atoms with E-state index in [2.05, 4.69) is 26.6 Å². The van der Waals surface area contributed by atoms with Crippen molar-refractivity contribution in [1.29, 1.82) is 0 Å². The zero-order valence-corrected chi connectivity index (χ0v) is 17.6. The molecule has 2 amide bonds. The largest absolute Gasteiger partial charge is 0.324 e. The van der Waals surface area contributed by atoms with Crippen LogP contribution in [0.4, 0.5) is 11.4 Å². The first-order valence-corrected chi connectivity index (χ1v) is 10.4. The minimum absolute atomic E-state index is 0.0753. The molecule has 0 spiro atoms. The second-order valence-corrected chi connectivity index (χ2v) is 8.07. The average Bonchev–Trinajstić information content (AvgIpc) is 2.69. The van der Waals surface area contributed by atoms with Crippen molar-refractivity contribution in [2.24, 2.45) is 0 Å². The lowest BCUT2D eigenvalue weighted by Gasteiger charge is -2.08. The van der Waals surface area contributed by atoms with Crippen molar-refractivity contribution in [1.82, 2.24) is 0 Å². The van der Waals surface area contributed by atoms with E-state index >= 15 is 0 Å². The van der Waals surface area contributed by atoms with Crippen molar-refractivity contribution in [2.45, 2.75) is 11.8 Å². The Morgan fingerprint density at radius 2 is 1.68 bits per heavy atom. The molecule has 0 aliphatic carbocycles. The molecule has 0 heterocycles. The van der Waals surface area contributed by atoms with Gasteiger partial charge in [-0.15, -0.1) is 11.8 Å². The predicted molar refractivity (Wildman–Crippen MR) is 119 cm³/mol. The summed E-state index contributed by atoms with van der Waals surface area (Å²) in [6, 6.07) is 22.4. The standard InChI is InChI=1S/C22H19BrN2O2S/c1-15-5-4-6-16(13-15)22(27)24-17-9-11-18(12-10-17)28-14-21(26)25-20-8-3-2-7-19(20)23/h2-13H,14H2,1H3,(H,24,27)(H,25,26). The van der Waals surface area contributed by atoms with Gasteiger partial charge in [0.15, 0.2) is 0 Å². The van der Waals surface area contributed by atoms with Gasteiger partial charge in [-0.1, -0.05) is 29.8 Å². The molecule has 3 rings (SSSR count). The van der Waals surface area contributed by atoms with Gasteiger partial charge in [-0.25, -0.2) is 0 Å². The third-order valence-electron chi connectivity index (χ3n) is 3.91. The number of thioether (sulfide) groups is 1. The first-order valence-electron chi connectivity index (χ1n) is 8.66. The summed E-state index contributed by atoms with van der Waals surface area (Å²) in [6.45, 7) is 1.95. The van der Waals surface area contributed by atoms with Crippen molar-refractivity contribution in [3.63, 3.8) is 0 Å². The number of hydrogen-bond acceptors (Lipinski definition) is 3. The number of aryl methyl sites for hydroxylation is 1. The van der Waals surface area contributed by atoms with Crippen LogP contribution in [0.5, 0.6) is 0 Å². The number of carbonyl (C=O) groups is 2. The Bertz CT molecular complexity index is 990. The van der Waals surface area contributed by atoms with E-state index in [-0.39, 0.29) is 11.8 Å². The maximum atomic E-state index is 12.3. The van der Waals surface area contributed by atoms with Gasteiger partial charge in [0.1, 0.15) is 0 Å². The highest BCUT2D eigenvalue weighted by Crippen LogP contribution is 2.23. The molecule has 0 unspecified atom stereocenters. The fraction of sp³-hybridized carbons (Fsp3) is 0.0909. The van der Waals surface area contributed by atoms with Crippen molar-refractivity contribution in [3.05, 3.63) is 88.4 Å². The lowest BCUT2D eigenvalue weighted by molar-refractivity contribution is -0.113. The molecule has 4 nitrogen and oxygen atoms in total. The zero-order valence-electron chi connectivity index (χ0n) is 15.2. The molecule has 28 heavy (non-hydrogen) atoms. The quantitative estimate of drug-likeness (QED) is 0.466. The summed E-state index contributed by atoms with van der Waals surface area (Å²) >= 11 is 4.85. The molecule has 142 valence electrons. The summed E-state index contributed by atoms with van der Waals surface area (Å²) in [4.78, 5) is 25.4. The van der Waals surface area contributed by atoms with E-state index in [0.717, 1.165) is 20.6 Å².